The normalized spacial score (nSPS) is 22.8. The van der Waals surface area contributed by atoms with Crippen LogP contribution in [0.4, 0.5) is 0 Å². The van der Waals surface area contributed by atoms with E-state index in [0.717, 1.165) is 42.9 Å². The summed E-state index contributed by atoms with van der Waals surface area (Å²) in [6.07, 6.45) is 2.34. The summed E-state index contributed by atoms with van der Waals surface area (Å²) >= 11 is 0. The molecule has 0 spiro atoms. The van der Waals surface area contributed by atoms with Crippen molar-refractivity contribution in [3.05, 3.63) is 42.1 Å². The first-order valence-electron chi connectivity index (χ1n) is 7.78. The number of aromatic nitrogens is 1. The lowest BCUT2D eigenvalue weighted by molar-refractivity contribution is 0.00950. The quantitative estimate of drug-likeness (QED) is 0.918. The van der Waals surface area contributed by atoms with E-state index in [1.54, 1.807) is 7.11 Å². The van der Waals surface area contributed by atoms with Gasteiger partial charge in [0.1, 0.15) is 0 Å². The minimum atomic E-state index is 0.321. The van der Waals surface area contributed by atoms with E-state index in [2.05, 4.69) is 10.1 Å². The maximum absolute atomic E-state index is 5.92. The van der Waals surface area contributed by atoms with Crippen LogP contribution in [0.3, 0.4) is 0 Å². The highest BCUT2D eigenvalue weighted by Gasteiger charge is 2.28. The zero-order chi connectivity index (χ0) is 15.4. The van der Waals surface area contributed by atoms with E-state index in [-0.39, 0.29) is 0 Å². The summed E-state index contributed by atoms with van der Waals surface area (Å²) in [6, 6.07) is 12.4. The molecule has 5 nitrogen and oxygen atoms in total. The van der Waals surface area contributed by atoms with Crippen LogP contribution in [0.5, 0.6) is 0 Å². The predicted molar refractivity (Wildman–Crippen MR) is 85.2 cm³/mol. The van der Waals surface area contributed by atoms with E-state index in [9.17, 15) is 0 Å². The van der Waals surface area contributed by atoms with E-state index >= 15 is 0 Å². The fraction of sp³-hybridized carbons (Fsp3) is 0.471. The second-order valence-corrected chi connectivity index (χ2v) is 5.79. The van der Waals surface area contributed by atoms with Crippen LogP contribution in [-0.2, 0) is 11.3 Å². The van der Waals surface area contributed by atoms with Gasteiger partial charge in [-0.15, -0.1) is 0 Å². The Morgan fingerprint density at radius 1 is 1.36 bits per heavy atom. The number of rotatable bonds is 5. The number of nitrogens with zero attached hydrogens (tertiary/aromatic N) is 2. The predicted octanol–water partition coefficient (Wildman–Crippen LogP) is 2.28. The summed E-state index contributed by atoms with van der Waals surface area (Å²) in [4.78, 5) is 2.38. The number of hydrogen-bond acceptors (Lipinski definition) is 5. The number of methoxy groups -OCH3 is 1. The number of benzene rings is 1. The van der Waals surface area contributed by atoms with Crippen molar-refractivity contribution in [3.8, 4) is 11.3 Å². The highest BCUT2D eigenvalue weighted by Crippen LogP contribution is 2.24. The smallest absolute Gasteiger partial charge is 0.167 e. The second kappa shape index (κ2) is 7.05. The first kappa shape index (κ1) is 15.2. The van der Waals surface area contributed by atoms with E-state index in [0.29, 0.717) is 18.7 Å². The molecule has 1 saturated heterocycles. The molecule has 2 atom stereocenters. The standard InChI is InChI=1S/C17H23N3O2/c1-21-16-7-8-20(15(10-16)11-18)12-14-9-17(22-19-14)13-5-3-2-4-6-13/h2-6,9,15-16H,7-8,10-12,18H2,1H3. The van der Waals surface area contributed by atoms with Crippen LogP contribution in [0.2, 0.25) is 0 Å². The zero-order valence-electron chi connectivity index (χ0n) is 12.9. The van der Waals surface area contributed by atoms with E-state index < -0.39 is 0 Å². The zero-order valence-corrected chi connectivity index (χ0v) is 12.9. The molecular formula is C17H23N3O2. The minimum Gasteiger partial charge on any atom is -0.381 e. The molecule has 1 aromatic heterocycles. The molecule has 0 saturated carbocycles. The first-order chi connectivity index (χ1) is 10.8. The SMILES string of the molecule is COC1CCN(Cc2cc(-c3ccccc3)on2)C(CN)C1. The Balaban J connectivity index is 1.67. The average molecular weight is 301 g/mol. The van der Waals surface area contributed by atoms with Crippen molar-refractivity contribution in [2.45, 2.75) is 31.5 Å². The molecule has 2 heterocycles. The third-order valence-corrected chi connectivity index (χ3v) is 4.38. The van der Waals surface area contributed by atoms with Crippen molar-refractivity contribution in [3.63, 3.8) is 0 Å². The molecule has 0 amide bonds. The first-order valence-corrected chi connectivity index (χ1v) is 7.78. The Bertz CT molecular complexity index is 585. The Kier molecular flexibility index (Phi) is 4.87. The maximum atomic E-state index is 5.92. The van der Waals surface area contributed by atoms with Crippen LogP contribution in [0.1, 0.15) is 18.5 Å². The lowest BCUT2D eigenvalue weighted by Gasteiger charge is -2.37. The van der Waals surface area contributed by atoms with Gasteiger partial charge < -0.3 is 15.0 Å². The number of likely N-dealkylation sites (tertiary alicyclic amines) is 1. The number of nitrogens with two attached hydrogens (primary N) is 1. The van der Waals surface area contributed by atoms with Crippen LogP contribution in [0, 0.1) is 0 Å². The summed E-state index contributed by atoms with van der Waals surface area (Å²) in [5.41, 5.74) is 7.92. The van der Waals surface area contributed by atoms with Gasteiger partial charge in [0.25, 0.3) is 0 Å². The van der Waals surface area contributed by atoms with Crippen LogP contribution in [0.15, 0.2) is 40.9 Å². The van der Waals surface area contributed by atoms with Crippen molar-refractivity contribution in [2.75, 3.05) is 20.2 Å². The lowest BCUT2D eigenvalue weighted by Crippen LogP contribution is -2.48. The van der Waals surface area contributed by atoms with Crippen LogP contribution in [-0.4, -0.2) is 42.4 Å². The monoisotopic (exact) mass is 301 g/mol. The summed E-state index contributed by atoms with van der Waals surface area (Å²) in [5.74, 6) is 0.812. The van der Waals surface area contributed by atoms with Gasteiger partial charge in [-0.3, -0.25) is 4.90 Å². The molecule has 0 bridgehead atoms. The minimum absolute atomic E-state index is 0.321. The van der Waals surface area contributed by atoms with Crippen molar-refractivity contribution in [2.24, 2.45) is 5.73 Å². The summed E-state index contributed by atoms with van der Waals surface area (Å²) in [7, 11) is 1.78. The molecule has 2 unspecified atom stereocenters. The Morgan fingerprint density at radius 3 is 2.91 bits per heavy atom. The van der Waals surface area contributed by atoms with Gasteiger partial charge in [0, 0.05) is 44.4 Å². The van der Waals surface area contributed by atoms with Gasteiger partial charge in [-0.2, -0.15) is 0 Å². The highest BCUT2D eigenvalue weighted by atomic mass is 16.5. The summed E-state index contributed by atoms with van der Waals surface area (Å²) in [5, 5.41) is 4.21. The third-order valence-electron chi connectivity index (χ3n) is 4.38. The average Bonchev–Trinajstić information content (AvgIpc) is 3.04. The van der Waals surface area contributed by atoms with Gasteiger partial charge in [-0.25, -0.2) is 0 Å². The summed E-state index contributed by atoms with van der Waals surface area (Å²) < 4.78 is 10.9. The molecule has 1 aliphatic heterocycles. The topological polar surface area (TPSA) is 64.5 Å². The number of hydrogen-bond donors (Lipinski definition) is 1. The molecule has 1 aromatic carbocycles. The van der Waals surface area contributed by atoms with Crippen LogP contribution in [0.25, 0.3) is 11.3 Å². The molecule has 118 valence electrons. The Hall–Kier alpha value is -1.69. The molecule has 5 heteroatoms. The van der Waals surface area contributed by atoms with E-state index in [4.69, 9.17) is 15.0 Å². The maximum Gasteiger partial charge on any atom is 0.167 e. The highest BCUT2D eigenvalue weighted by molar-refractivity contribution is 5.56. The van der Waals surface area contributed by atoms with Gasteiger partial charge in [-0.05, 0) is 12.8 Å². The van der Waals surface area contributed by atoms with Gasteiger partial charge in [0.15, 0.2) is 5.76 Å². The second-order valence-electron chi connectivity index (χ2n) is 5.79. The molecule has 3 rings (SSSR count). The molecule has 22 heavy (non-hydrogen) atoms. The molecule has 1 aliphatic rings. The molecule has 1 fully saturated rings. The molecule has 0 aliphatic carbocycles. The molecule has 0 radical (unpaired) electrons. The van der Waals surface area contributed by atoms with Crippen molar-refractivity contribution in [1.29, 1.82) is 0 Å². The number of piperidine rings is 1. The summed E-state index contributed by atoms with van der Waals surface area (Å²) in [6.45, 7) is 2.39. The van der Waals surface area contributed by atoms with Crippen molar-refractivity contribution < 1.29 is 9.26 Å². The lowest BCUT2D eigenvalue weighted by atomic mass is 9.99. The van der Waals surface area contributed by atoms with Crippen LogP contribution >= 0.6 is 0 Å². The molecule has 2 aromatic rings. The van der Waals surface area contributed by atoms with Crippen LogP contribution < -0.4 is 5.73 Å². The van der Waals surface area contributed by atoms with Gasteiger partial charge in [0.05, 0.1) is 11.8 Å². The van der Waals surface area contributed by atoms with Crippen molar-refractivity contribution in [1.82, 2.24) is 10.1 Å². The van der Waals surface area contributed by atoms with Gasteiger partial charge in [-0.1, -0.05) is 35.5 Å². The van der Waals surface area contributed by atoms with Gasteiger partial charge >= 0.3 is 0 Å². The fourth-order valence-corrected chi connectivity index (χ4v) is 3.06. The van der Waals surface area contributed by atoms with E-state index in [1.807, 2.05) is 36.4 Å². The molecular weight excluding hydrogens is 278 g/mol. The number of ether oxygens (including phenoxy) is 1. The van der Waals surface area contributed by atoms with E-state index in [1.165, 1.54) is 0 Å². The molecule has 2 N–H and O–H groups in total. The largest absolute Gasteiger partial charge is 0.381 e. The van der Waals surface area contributed by atoms with Gasteiger partial charge in [0.2, 0.25) is 0 Å². The Labute approximate surface area is 131 Å². The third kappa shape index (κ3) is 3.38. The van der Waals surface area contributed by atoms with Crippen molar-refractivity contribution >= 4 is 0 Å². The Morgan fingerprint density at radius 2 is 2.18 bits per heavy atom. The fourth-order valence-electron chi connectivity index (χ4n) is 3.06.